The summed E-state index contributed by atoms with van der Waals surface area (Å²) in [5.74, 6) is -0.471. The van der Waals surface area contributed by atoms with E-state index >= 15 is 0 Å². The van der Waals surface area contributed by atoms with Crippen LogP contribution in [0.2, 0.25) is 0 Å². The van der Waals surface area contributed by atoms with Crippen molar-refractivity contribution in [3.8, 4) is 6.07 Å². The van der Waals surface area contributed by atoms with Crippen molar-refractivity contribution in [2.75, 3.05) is 0 Å². The van der Waals surface area contributed by atoms with Gasteiger partial charge in [0.1, 0.15) is 11.9 Å². The van der Waals surface area contributed by atoms with E-state index in [-0.39, 0.29) is 11.3 Å². The molecule has 0 spiro atoms. The molecular weight excluding hydrogens is 284 g/mol. The molecular formula is C15H8F4N2. The first-order valence-corrected chi connectivity index (χ1v) is 5.81. The summed E-state index contributed by atoms with van der Waals surface area (Å²) < 4.78 is 50.4. The minimum atomic E-state index is -4.48. The van der Waals surface area contributed by atoms with E-state index in [2.05, 4.69) is 4.98 Å². The maximum atomic E-state index is 13.1. The second-order valence-electron chi connectivity index (χ2n) is 4.15. The highest BCUT2D eigenvalue weighted by atomic mass is 19.4. The lowest BCUT2D eigenvalue weighted by atomic mass is 10.1. The van der Waals surface area contributed by atoms with Crippen molar-refractivity contribution < 1.29 is 17.6 Å². The first kappa shape index (κ1) is 14.7. The number of aromatic nitrogens is 1. The molecule has 2 nitrogen and oxygen atoms in total. The first-order chi connectivity index (χ1) is 9.90. The van der Waals surface area contributed by atoms with Crippen LogP contribution in [0.5, 0.6) is 0 Å². The zero-order valence-corrected chi connectivity index (χ0v) is 10.5. The van der Waals surface area contributed by atoms with Crippen LogP contribution in [0.15, 0.2) is 42.6 Å². The standard InChI is InChI=1S/C15H8F4N2/c16-13-3-1-2-10(7-13)6-11(8-20)14-5-4-12(9-21-14)15(17,18)19/h1-7,9H/b11-6+. The van der Waals surface area contributed by atoms with Crippen LogP contribution in [0.3, 0.4) is 0 Å². The molecule has 1 aromatic heterocycles. The molecule has 0 N–H and O–H groups in total. The van der Waals surface area contributed by atoms with Gasteiger partial charge in [0.05, 0.1) is 16.8 Å². The van der Waals surface area contributed by atoms with Crippen molar-refractivity contribution in [2.24, 2.45) is 0 Å². The van der Waals surface area contributed by atoms with Gasteiger partial charge in [-0.25, -0.2) is 4.39 Å². The first-order valence-electron chi connectivity index (χ1n) is 5.81. The minimum absolute atomic E-state index is 0.0503. The van der Waals surface area contributed by atoms with E-state index in [4.69, 9.17) is 5.26 Å². The highest BCUT2D eigenvalue weighted by molar-refractivity contribution is 5.88. The molecule has 0 radical (unpaired) electrons. The molecule has 6 heteroatoms. The van der Waals surface area contributed by atoms with Crippen LogP contribution in [0, 0.1) is 17.1 Å². The number of nitrogens with zero attached hydrogens (tertiary/aromatic N) is 2. The SMILES string of the molecule is N#C/C(=C\c1cccc(F)c1)c1ccc(C(F)(F)F)cn1. The van der Waals surface area contributed by atoms with Gasteiger partial charge in [0.25, 0.3) is 0 Å². The van der Waals surface area contributed by atoms with E-state index in [0.29, 0.717) is 11.8 Å². The third-order valence-electron chi connectivity index (χ3n) is 2.65. The molecule has 0 bridgehead atoms. The quantitative estimate of drug-likeness (QED) is 0.611. The summed E-state index contributed by atoms with van der Waals surface area (Å²) in [5, 5.41) is 9.06. The Labute approximate surface area is 118 Å². The predicted molar refractivity (Wildman–Crippen MR) is 69.1 cm³/mol. The van der Waals surface area contributed by atoms with E-state index in [1.807, 2.05) is 6.07 Å². The van der Waals surface area contributed by atoms with Crippen LogP contribution in [0.25, 0.3) is 11.6 Å². The monoisotopic (exact) mass is 292 g/mol. The van der Waals surface area contributed by atoms with E-state index in [1.54, 1.807) is 6.07 Å². The number of alkyl halides is 3. The van der Waals surface area contributed by atoms with Crippen molar-refractivity contribution in [1.29, 1.82) is 5.26 Å². The van der Waals surface area contributed by atoms with Gasteiger partial charge in [0.15, 0.2) is 0 Å². The summed E-state index contributed by atoms with van der Waals surface area (Å²) in [5.41, 5.74) is -0.327. The lowest BCUT2D eigenvalue weighted by molar-refractivity contribution is -0.137. The molecule has 0 aliphatic rings. The number of allylic oxidation sites excluding steroid dienone is 1. The van der Waals surface area contributed by atoms with Crippen molar-refractivity contribution >= 4 is 11.6 Å². The summed E-state index contributed by atoms with van der Waals surface area (Å²) >= 11 is 0. The van der Waals surface area contributed by atoms with Crippen LogP contribution in [-0.4, -0.2) is 4.98 Å². The fourth-order valence-corrected chi connectivity index (χ4v) is 1.65. The van der Waals surface area contributed by atoms with Gasteiger partial charge >= 0.3 is 6.18 Å². The van der Waals surface area contributed by atoms with Crippen molar-refractivity contribution in [1.82, 2.24) is 4.98 Å². The predicted octanol–water partition coefficient (Wildman–Crippen LogP) is 4.30. The number of pyridine rings is 1. The van der Waals surface area contributed by atoms with Gasteiger partial charge in [-0.3, -0.25) is 4.98 Å². The van der Waals surface area contributed by atoms with Crippen molar-refractivity contribution in [2.45, 2.75) is 6.18 Å². The molecule has 0 unspecified atom stereocenters. The summed E-state index contributed by atoms with van der Waals surface area (Å²) in [6.45, 7) is 0. The van der Waals surface area contributed by atoms with Crippen molar-refractivity contribution in [3.63, 3.8) is 0 Å². The number of hydrogen-bond donors (Lipinski definition) is 0. The molecule has 0 saturated heterocycles. The van der Waals surface area contributed by atoms with Crippen LogP contribution in [-0.2, 0) is 6.18 Å². The van der Waals surface area contributed by atoms with Gasteiger partial charge in [-0.15, -0.1) is 0 Å². The fraction of sp³-hybridized carbons (Fsp3) is 0.0667. The molecule has 2 rings (SSSR count). The molecule has 21 heavy (non-hydrogen) atoms. The third-order valence-corrected chi connectivity index (χ3v) is 2.65. The zero-order chi connectivity index (χ0) is 15.5. The highest BCUT2D eigenvalue weighted by Crippen LogP contribution is 2.29. The van der Waals surface area contributed by atoms with E-state index in [9.17, 15) is 17.6 Å². The topological polar surface area (TPSA) is 36.7 Å². The molecule has 0 saturated carbocycles. The Balaban J connectivity index is 2.36. The molecule has 1 aromatic carbocycles. The normalized spacial score (nSPS) is 12.0. The van der Waals surface area contributed by atoms with Crippen LogP contribution in [0.1, 0.15) is 16.8 Å². The Morgan fingerprint density at radius 3 is 2.48 bits per heavy atom. The average Bonchev–Trinajstić information content (AvgIpc) is 2.44. The molecule has 106 valence electrons. The minimum Gasteiger partial charge on any atom is -0.255 e. The summed E-state index contributed by atoms with van der Waals surface area (Å²) in [6, 6.07) is 9.30. The van der Waals surface area contributed by atoms with E-state index < -0.39 is 17.6 Å². The lowest BCUT2D eigenvalue weighted by Gasteiger charge is -2.06. The van der Waals surface area contributed by atoms with Gasteiger partial charge in [0.2, 0.25) is 0 Å². The molecule has 0 aliphatic carbocycles. The smallest absolute Gasteiger partial charge is 0.255 e. The zero-order valence-electron chi connectivity index (χ0n) is 10.5. The maximum Gasteiger partial charge on any atom is 0.417 e. The van der Waals surface area contributed by atoms with E-state index in [1.165, 1.54) is 24.3 Å². The molecule has 0 amide bonds. The molecule has 0 fully saturated rings. The number of halogens is 4. The van der Waals surface area contributed by atoms with E-state index in [0.717, 1.165) is 12.1 Å². The number of rotatable bonds is 2. The van der Waals surface area contributed by atoms with Gasteiger partial charge in [0, 0.05) is 6.20 Å². The molecule has 0 aliphatic heterocycles. The van der Waals surface area contributed by atoms with Crippen LogP contribution in [0.4, 0.5) is 17.6 Å². The largest absolute Gasteiger partial charge is 0.417 e. The number of hydrogen-bond acceptors (Lipinski definition) is 2. The molecule has 1 heterocycles. The summed E-state index contributed by atoms with van der Waals surface area (Å²) in [4.78, 5) is 3.63. The fourth-order valence-electron chi connectivity index (χ4n) is 1.65. The second-order valence-corrected chi connectivity index (χ2v) is 4.15. The van der Waals surface area contributed by atoms with Crippen LogP contribution < -0.4 is 0 Å². The van der Waals surface area contributed by atoms with Gasteiger partial charge < -0.3 is 0 Å². The number of benzene rings is 1. The Hall–Kier alpha value is -2.68. The third kappa shape index (κ3) is 3.66. The maximum absolute atomic E-state index is 13.1. The number of nitriles is 1. The molecule has 0 atom stereocenters. The second kappa shape index (κ2) is 5.75. The summed E-state index contributed by atoms with van der Waals surface area (Å²) in [6.07, 6.45) is -2.46. The molecule has 2 aromatic rings. The Kier molecular flexibility index (Phi) is 4.03. The van der Waals surface area contributed by atoms with Gasteiger partial charge in [-0.05, 0) is 35.9 Å². The van der Waals surface area contributed by atoms with Crippen LogP contribution >= 0.6 is 0 Å². The van der Waals surface area contributed by atoms with Gasteiger partial charge in [-0.1, -0.05) is 12.1 Å². The van der Waals surface area contributed by atoms with Crippen molar-refractivity contribution in [3.05, 3.63) is 65.2 Å². The Bertz CT molecular complexity index is 710. The Morgan fingerprint density at radius 1 is 1.19 bits per heavy atom. The van der Waals surface area contributed by atoms with Gasteiger partial charge in [-0.2, -0.15) is 18.4 Å². The summed E-state index contributed by atoms with van der Waals surface area (Å²) in [7, 11) is 0. The average molecular weight is 292 g/mol. The Morgan fingerprint density at radius 2 is 1.95 bits per heavy atom. The highest BCUT2D eigenvalue weighted by Gasteiger charge is 2.30. The lowest BCUT2D eigenvalue weighted by Crippen LogP contribution is -2.05.